The predicted molar refractivity (Wildman–Crippen MR) is 69.4 cm³/mol. The fourth-order valence-electron chi connectivity index (χ4n) is 2.33. The van der Waals surface area contributed by atoms with Gasteiger partial charge >= 0.3 is 0 Å². The number of ether oxygens (including phenoxy) is 2. The summed E-state index contributed by atoms with van der Waals surface area (Å²) in [7, 11) is 0. The molecule has 0 aliphatic carbocycles. The molecule has 1 unspecified atom stereocenters. The van der Waals surface area contributed by atoms with Gasteiger partial charge in [-0.2, -0.15) is 0 Å². The van der Waals surface area contributed by atoms with Gasteiger partial charge < -0.3 is 15.2 Å². The van der Waals surface area contributed by atoms with Gasteiger partial charge in [0.05, 0.1) is 6.10 Å². The van der Waals surface area contributed by atoms with Crippen LogP contribution in [-0.2, 0) is 4.74 Å². The lowest BCUT2D eigenvalue weighted by molar-refractivity contribution is -0.0113. The number of hydrogen-bond acceptors (Lipinski definition) is 3. The number of benzene rings is 1. The van der Waals surface area contributed by atoms with Crippen molar-refractivity contribution in [1.29, 1.82) is 0 Å². The second kappa shape index (κ2) is 5.41. The van der Waals surface area contributed by atoms with Crippen LogP contribution in [0.3, 0.4) is 0 Å². The normalized spacial score (nSPS) is 20.2. The molecule has 0 bridgehead atoms. The molecule has 0 radical (unpaired) electrons. The van der Waals surface area contributed by atoms with Crippen LogP contribution in [0.2, 0.25) is 0 Å². The Hall–Kier alpha value is -1.22. The van der Waals surface area contributed by atoms with Gasteiger partial charge in [-0.3, -0.25) is 0 Å². The third-order valence-corrected chi connectivity index (χ3v) is 3.17. The van der Waals surface area contributed by atoms with E-state index in [1.807, 2.05) is 26.0 Å². The van der Waals surface area contributed by atoms with E-state index in [0.29, 0.717) is 6.61 Å². The fraction of sp³-hybridized carbons (Fsp3) is 0.571. The van der Waals surface area contributed by atoms with Crippen molar-refractivity contribution >= 4 is 5.69 Å². The second-order valence-corrected chi connectivity index (χ2v) is 4.78. The van der Waals surface area contributed by atoms with Gasteiger partial charge in [-0.05, 0) is 56.4 Å². The summed E-state index contributed by atoms with van der Waals surface area (Å²) in [6.45, 7) is 5.57. The van der Waals surface area contributed by atoms with Gasteiger partial charge in [-0.1, -0.05) is 0 Å². The molecule has 1 aliphatic heterocycles. The topological polar surface area (TPSA) is 44.5 Å². The lowest BCUT2D eigenvalue weighted by Gasteiger charge is -2.23. The molecule has 0 saturated carbocycles. The molecule has 1 aliphatic rings. The number of rotatable bonds is 3. The van der Waals surface area contributed by atoms with Crippen molar-refractivity contribution < 1.29 is 9.47 Å². The van der Waals surface area contributed by atoms with Crippen LogP contribution < -0.4 is 10.5 Å². The molecule has 94 valence electrons. The molecule has 3 nitrogen and oxygen atoms in total. The smallest absolute Gasteiger partial charge is 0.125 e. The molecule has 1 atom stereocenters. The van der Waals surface area contributed by atoms with E-state index in [4.69, 9.17) is 15.2 Å². The van der Waals surface area contributed by atoms with E-state index in [9.17, 15) is 0 Å². The van der Waals surface area contributed by atoms with Gasteiger partial charge in [0.25, 0.3) is 0 Å². The maximum atomic E-state index is 5.88. The van der Waals surface area contributed by atoms with Crippen LogP contribution in [0.15, 0.2) is 12.1 Å². The molecule has 1 aromatic rings. The van der Waals surface area contributed by atoms with E-state index in [-0.39, 0.29) is 6.10 Å². The average molecular weight is 235 g/mol. The summed E-state index contributed by atoms with van der Waals surface area (Å²) in [5, 5.41) is 0. The first-order valence-corrected chi connectivity index (χ1v) is 6.28. The molecule has 1 saturated heterocycles. The number of nitrogens with two attached hydrogens (primary N) is 1. The van der Waals surface area contributed by atoms with Crippen LogP contribution >= 0.6 is 0 Å². The molecule has 17 heavy (non-hydrogen) atoms. The number of aryl methyl sites for hydroxylation is 2. The van der Waals surface area contributed by atoms with Crippen molar-refractivity contribution in [3.05, 3.63) is 23.3 Å². The van der Waals surface area contributed by atoms with Gasteiger partial charge in [0.2, 0.25) is 0 Å². The fourth-order valence-corrected chi connectivity index (χ4v) is 2.33. The van der Waals surface area contributed by atoms with Crippen LogP contribution in [-0.4, -0.2) is 19.3 Å². The van der Waals surface area contributed by atoms with Crippen LogP contribution in [0.5, 0.6) is 5.75 Å². The van der Waals surface area contributed by atoms with Gasteiger partial charge in [0.15, 0.2) is 0 Å². The van der Waals surface area contributed by atoms with E-state index >= 15 is 0 Å². The Balaban J connectivity index is 1.98. The third-order valence-electron chi connectivity index (χ3n) is 3.17. The molecular formula is C14H21NO2. The Morgan fingerprint density at radius 1 is 1.29 bits per heavy atom. The van der Waals surface area contributed by atoms with Gasteiger partial charge in [-0.15, -0.1) is 0 Å². The zero-order valence-corrected chi connectivity index (χ0v) is 10.7. The second-order valence-electron chi connectivity index (χ2n) is 4.78. The Morgan fingerprint density at radius 2 is 2.00 bits per heavy atom. The number of hydrogen-bond donors (Lipinski definition) is 1. The minimum atomic E-state index is 0.250. The highest BCUT2D eigenvalue weighted by molar-refractivity contribution is 5.52. The van der Waals surface area contributed by atoms with Crippen molar-refractivity contribution in [2.75, 3.05) is 18.9 Å². The zero-order chi connectivity index (χ0) is 12.3. The Labute approximate surface area is 103 Å². The zero-order valence-electron chi connectivity index (χ0n) is 10.7. The highest BCUT2D eigenvalue weighted by Crippen LogP contribution is 2.26. The molecule has 1 fully saturated rings. The largest absolute Gasteiger partial charge is 0.490 e. The van der Waals surface area contributed by atoms with Gasteiger partial charge in [0, 0.05) is 12.3 Å². The first kappa shape index (κ1) is 12.2. The highest BCUT2D eigenvalue weighted by Gasteiger charge is 2.15. The summed E-state index contributed by atoms with van der Waals surface area (Å²) in [5.74, 6) is 0.952. The van der Waals surface area contributed by atoms with Crippen molar-refractivity contribution in [3.8, 4) is 5.75 Å². The minimum Gasteiger partial charge on any atom is -0.490 e. The van der Waals surface area contributed by atoms with E-state index in [1.165, 1.54) is 12.8 Å². The van der Waals surface area contributed by atoms with Crippen LogP contribution in [0, 0.1) is 13.8 Å². The summed E-state index contributed by atoms with van der Waals surface area (Å²) < 4.78 is 11.5. The Morgan fingerprint density at radius 3 is 2.59 bits per heavy atom. The van der Waals surface area contributed by atoms with E-state index in [2.05, 4.69) is 0 Å². The summed E-state index contributed by atoms with van der Waals surface area (Å²) in [6, 6.07) is 3.90. The maximum absolute atomic E-state index is 5.88. The van der Waals surface area contributed by atoms with Crippen molar-refractivity contribution in [1.82, 2.24) is 0 Å². The van der Waals surface area contributed by atoms with E-state index in [0.717, 1.165) is 35.6 Å². The Bertz CT molecular complexity index is 361. The molecule has 1 aromatic carbocycles. The lowest BCUT2D eigenvalue weighted by atomic mass is 10.1. The summed E-state index contributed by atoms with van der Waals surface area (Å²) >= 11 is 0. The van der Waals surface area contributed by atoms with Crippen LogP contribution in [0.4, 0.5) is 5.69 Å². The molecule has 0 amide bonds. The molecule has 0 spiro atoms. The molecule has 1 heterocycles. The minimum absolute atomic E-state index is 0.250. The maximum Gasteiger partial charge on any atom is 0.125 e. The molecule has 2 rings (SSSR count). The molecule has 3 heteroatoms. The SMILES string of the molecule is Cc1cc(N)cc(C)c1OCC1CCCCO1. The first-order valence-electron chi connectivity index (χ1n) is 6.28. The summed E-state index contributed by atoms with van der Waals surface area (Å²) in [6.07, 6.45) is 3.78. The van der Waals surface area contributed by atoms with E-state index < -0.39 is 0 Å². The average Bonchev–Trinajstić information content (AvgIpc) is 2.29. The van der Waals surface area contributed by atoms with Gasteiger partial charge in [-0.25, -0.2) is 0 Å². The first-order chi connectivity index (χ1) is 8.16. The Kier molecular flexibility index (Phi) is 3.89. The van der Waals surface area contributed by atoms with Gasteiger partial charge in [0.1, 0.15) is 12.4 Å². The standard InChI is InChI=1S/C14H21NO2/c1-10-7-12(15)8-11(2)14(10)17-9-13-5-3-4-6-16-13/h7-8,13H,3-6,9,15H2,1-2H3. The van der Waals surface area contributed by atoms with Crippen molar-refractivity contribution in [2.24, 2.45) is 0 Å². The predicted octanol–water partition coefficient (Wildman–Crippen LogP) is 2.83. The monoisotopic (exact) mass is 235 g/mol. The van der Waals surface area contributed by atoms with Crippen molar-refractivity contribution in [2.45, 2.75) is 39.2 Å². The molecular weight excluding hydrogens is 214 g/mol. The summed E-state index contributed by atoms with van der Waals surface area (Å²) in [5.41, 5.74) is 8.77. The van der Waals surface area contributed by atoms with Crippen molar-refractivity contribution in [3.63, 3.8) is 0 Å². The quantitative estimate of drug-likeness (QED) is 0.819. The molecule has 0 aromatic heterocycles. The lowest BCUT2D eigenvalue weighted by Crippen LogP contribution is -2.26. The number of anilines is 1. The van der Waals surface area contributed by atoms with Crippen LogP contribution in [0.1, 0.15) is 30.4 Å². The highest BCUT2D eigenvalue weighted by atomic mass is 16.5. The molecule has 2 N–H and O–H groups in total. The number of nitrogen functional groups attached to an aromatic ring is 1. The van der Waals surface area contributed by atoms with Crippen LogP contribution in [0.25, 0.3) is 0 Å². The van der Waals surface area contributed by atoms with E-state index in [1.54, 1.807) is 0 Å². The summed E-state index contributed by atoms with van der Waals surface area (Å²) in [4.78, 5) is 0. The third kappa shape index (κ3) is 3.13.